The highest BCUT2D eigenvalue weighted by atomic mass is 32.1. The summed E-state index contributed by atoms with van der Waals surface area (Å²) in [5.41, 5.74) is 3.68. The molecule has 0 atom stereocenters. The lowest BCUT2D eigenvalue weighted by Crippen LogP contribution is -2.26. The zero-order valence-electron chi connectivity index (χ0n) is 10.3. The van der Waals surface area contributed by atoms with Gasteiger partial charge in [0.2, 0.25) is 5.91 Å². The SMILES string of the molecule is C=C(C)CCNC(=O)Cc1cccc2nsnc12. The van der Waals surface area contributed by atoms with Crippen LogP contribution < -0.4 is 5.32 Å². The third-order valence-electron chi connectivity index (χ3n) is 2.59. The maximum atomic E-state index is 11.8. The van der Waals surface area contributed by atoms with Gasteiger partial charge in [0.1, 0.15) is 11.0 Å². The molecule has 0 spiro atoms. The Morgan fingerprint density at radius 3 is 3.06 bits per heavy atom. The van der Waals surface area contributed by atoms with Crippen molar-refractivity contribution in [3.05, 3.63) is 35.9 Å². The maximum absolute atomic E-state index is 11.8. The first-order chi connectivity index (χ1) is 8.66. The number of benzene rings is 1. The molecule has 4 nitrogen and oxygen atoms in total. The first kappa shape index (κ1) is 12.7. The van der Waals surface area contributed by atoms with E-state index < -0.39 is 0 Å². The summed E-state index contributed by atoms with van der Waals surface area (Å²) in [7, 11) is 0. The lowest BCUT2D eigenvalue weighted by atomic mass is 10.1. The summed E-state index contributed by atoms with van der Waals surface area (Å²) in [6.45, 7) is 6.39. The van der Waals surface area contributed by atoms with Crippen LogP contribution in [0.1, 0.15) is 18.9 Å². The van der Waals surface area contributed by atoms with Crippen LogP contribution in [0.5, 0.6) is 0 Å². The molecule has 1 aromatic carbocycles. The molecule has 2 aromatic rings. The van der Waals surface area contributed by atoms with Crippen LogP contribution in [0.4, 0.5) is 0 Å². The third-order valence-corrected chi connectivity index (χ3v) is 3.14. The van der Waals surface area contributed by atoms with Crippen LogP contribution in [-0.2, 0) is 11.2 Å². The summed E-state index contributed by atoms with van der Waals surface area (Å²) < 4.78 is 8.38. The molecule has 0 radical (unpaired) electrons. The highest BCUT2D eigenvalue weighted by Crippen LogP contribution is 2.16. The van der Waals surface area contributed by atoms with Crippen LogP contribution >= 0.6 is 11.7 Å². The van der Waals surface area contributed by atoms with Crippen LogP contribution in [0.15, 0.2) is 30.4 Å². The number of carbonyl (C=O) groups is 1. The Bertz CT molecular complexity index is 576. The standard InChI is InChI=1S/C13H15N3OS/c1-9(2)6-7-14-12(17)8-10-4-3-5-11-13(10)16-18-15-11/h3-5H,1,6-8H2,2H3,(H,14,17). The molecule has 0 aliphatic carbocycles. The van der Waals surface area contributed by atoms with Gasteiger partial charge in [-0.25, -0.2) is 0 Å². The van der Waals surface area contributed by atoms with E-state index in [1.165, 1.54) is 11.7 Å². The summed E-state index contributed by atoms with van der Waals surface area (Å²) in [6, 6.07) is 5.73. The van der Waals surface area contributed by atoms with Crippen LogP contribution in [0.3, 0.4) is 0 Å². The molecule has 18 heavy (non-hydrogen) atoms. The number of aromatic nitrogens is 2. The molecule has 1 amide bonds. The van der Waals surface area contributed by atoms with Crippen molar-refractivity contribution in [2.75, 3.05) is 6.54 Å². The van der Waals surface area contributed by atoms with E-state index in [4.69, 9.17) is 0 Å². The Kier molecular flexibility index (Phi) is 4.04. The lowest BCUT2D eigenvalue weighted by molar-refractivity contribution is -0.120. The van der Waals surface area contributed by atoms with Crippen LogP contribution in [-0.4, -0.2) is 21.2 Å². The minimum Gasteiger partial charge on any atom is -0.355 e. The number of nitrogens with zero attached hydrogens (tertiary/aromatic N) is 2. The van der Waals surface area contributed by atoms with E-state index in [1.807, 2.05) is 25.1 Å². The van der Waals surface area contributed by atoms with Gasteiger partial charge >= 0.3 is 0 Å². The van der Waals surface area contributed by atoms with Gasteiger partial charge < -0.3 is 5.32 Å². The van der Waals surface area contributed by atoms with Gasteiger partial charge in [-0.2, -0.15) is 8.75 Å². The van der Waals surface area contributed by atoms with Crippen molar-refractivity contribution < 1.29 is 4.79 Å². The minimum absolute atomic E-state index is 0.0109. The largest absolute Gasteiger partial charge is 0.355 e. The Morgan fingerprint density at radius 2 is 2.28 bits per heavy atom. The van der Waals surface area contributed by atoms with Crippen molar-refractivity contribution in [1.82, 2.24) is 14.1 Å². The van der Waals surface area contributed by atoms with Gasteiger partial charge in [-0.3, -0.25) is 4.79 Å². The summed E-state index contributed by atoms with van der Waals surface area (Å²) in [5.74, 6) is 0.0109. The molecule has 0 saturated heterocycles. The van der Waals surface area contributed by atoms with Crippen LogP contribution in [0.25, 0.3) is 11.0 Å². The van der Waals surface area contributed by atoms with Crippen molar-refractivity contribution in [3.63, 3.8) is 0 Å². The van der Waals surface area contributed by atoms with Crippen LogP contribution in [0, 0.1) is 0 Å². The number of fused-ring (bicyclic) bond motifs is 1. The first-order valence-corrected chi connectivity index (χ1v) is 6.51. The van der Waals surface area contributed by atoms with E-state index in [-0.39, 0.29) is 5.91 Å². The molecule has 1 aromatic heterocycles. The van der Waals surface area contributed by atoms with Gasteiger partial charge in [-0.1, -0.05) is 17.7 Å². The quantitative estimate of drug-likeness (QED) is 0.840. The fourth-order valence-corrected chi connectivity index (χ4v) is 2.22. The highest BCUT2D eigenvalue weighted by molar-refractivity contribution is 7.00. The van der Waals surface area contributed by atoms with E-state index in [1.54, 1.807) is 0 Å². The molecule has 0 saturated carbocycles. The zero-order valence-corrected chi connectivity index (χ0v) is 11.1. The Hall–Kier alpha value is -1.75. The van der Waals surface area contributed by atoms with E-state index in [9.17, 15) is 4.79 Å². The Labute approximate surface area is 110 Å². The van der Waals surface area contributed by atoms with Gasteiger partial charge in [0, 0.05) is 6.54 Å². The molecule has 0 fully saturated rings. The van der Waals surface area contributed by atoms with Crippen molar-refractivity contribution in [2.24, 2.45) is 0 Å². The molecule has 5 heteroatoms. The van der Waals surface area contributed by atoms with Crippen molar-refractivity contribution in [2.45, 2.75) is 19.8 Å². The van der Waals surface area contributed by atoms with E-state index in [2.05, 4.69) is 20.6 Å². The van der Waals surface area contributed by atoms with Gasteiger partial charge in [0.15, 0.2) is 0 Å². The van der Waals surface area contributed by atoms with Crippen molar-refractivity contribution in [3.8, 4) is 0 Å². The molecule has 94 valence electrons. The average Bonchev–Trinajstić information content (AvgIpc) is 2.77. The molecule has 2 rings (SSSR count). The smallest absolute Gasteiger partial charge is 0.224 e. The van der Waals surface area contributed by atoms with E-state index >= 15 is 0 Å². The topological polar surface area (TPSA) is 54.9 Å². The highest BCUT2D eigenvalue weighted by Gasteiger charge is 2.08. The number of nitrogens with one attached hydrogen (secondary N) is 1. The molecule has 1 N–H and O–H groups in total. The zero-order chi connectivity index (χ0) is 13.0. The second-order valence-corrected chi connectivity index (χ2v) is 4.81. The molecule has 1 heterocycles. The van der Waals surface area contributed by atoms with E-state index in [0.717, 1.165) is 28.6 Å². The summed E-state index contributed by atoms with van der Waals surface area (Å²) >= 11 is 1.17. The number of carbonyl (C=O) groups excluding carboxylic acids is 1. The van der Waals surface area contributed by atoms with E-state index in [0.29, 0.717) is 13.0 Å². The van der Waals surface area contributed by atoms with Gasteiger partial charge in [-0.05, 0) is 25.0 Å². The lowest BCUT2D eigenvalue weighted by Gasteiger charge is -2.05. The molecular weight excluding hydrogens is 246 g/mol. The second kappa shape index (κ2) is 5.73. The monoisotopic (exact) mass is 261 g/mol. The normalized spacial score (nSPS) is 10.5. The average molecular weight is 261 g/mol. The molecule has 0 unspecified atom stereocenters. The van der Waals surface area contributed by atoms with Crippen molar-refractivity contribution >= 4 is 28.7 Å². The van der Waals surface area contributed by atoms with Gasteiger partial charge in [0.05, 0.1) is 18.1 Å². The Morgan fingerprint density at radius 1 is 1.44 bits per heavy atom. The molecule has 0 bridgehead atoms. The summed E-state index contributed by atoms with van der Waals surface area (Å²) in [5, 5.41) is 2.87. The molecule has 0 aliphatic heterocycles. The molecule has 0 aliphatic rings. The van der Waals surface area contributed by atoms with Gasteiger partial charge in [-0.15, -0.1) is 6.58 Å². The summed E-state index contributed by atoms with van der Waals surface area (Å²) in [6.07, 6.45) is 1.16. The predicted molar refractivity (Wildman–Crippen MR) is 73.6 cm³/mol. The predicted octanol–water partition coefficient (Wildman–Crippen LogP) is 2.32. The minimum atomic E-state index is 0.0109. The maximum Gasteiger partial charge on any atom is 0.224 e. The number of hydrogen-bond donors (Lipinski definition) is 1. The van der Waals surface area contributed by atoms with Crippen LogP contribution in [0.2, 0.25) is 0 Å². The third kappa shape index (κ3) is 3.13. The second-order valence-electron chi connectivity index (χ2n) is 4.28. The van der Waals surface area contributed by atoms with Gasteiger partial charge in [0.25, 0.3) is 0 Å². The Balaban J connectivity index is 1.98. The van der Waals surface area contributed by atoms with Crippen molar-refractivity contribution in [1.29, 1.82) is 0 Å². The fraction of sp³-hybridized carbons (Fsp3) is 0.308. The number of rotatable bonds is 5. The number of amides is 1. The fourth-order valence-electron chi connectivity index (χ4n) is 1.66. The number of hydrogen-bond acceptors (Lipinski definition) is 4. The summed E-state index contributed by atoms with van der Waals surface area (Å²) in [4.78, 5) is 11.8. The molecular formula is C13H15N3OS. The first-order valence-electron chi connectivity index (χ1n) is 5.78.